The molecular formula is C17H19FN2O3. The van der Waals surface area contributed by atoms with E-state index in [-0.39, 0.29) is 23.5 Å². The molecule has 3 rings (SSSR count). The molecule has 0 spiro atoms. The molecule has 5 nitrogen and oxygen atoms in total. The van der Waals surface area contributed by atoms with E-state index < -0.39 is 5.60 Å². The molecule has 1 aliphatic heterocycles. The smallest absolute Gasteiger partial charge is 0.289 e. The Morgan fingerprint density at radius 3 is 2.78 bits per heavy atom. The maximum Gasteiger partial charge on any atom is 0.289 e. The van der Waals surface area contributed by atoms with Crippen LogP contribution in [0.1, 0.15) is 54.0 Å². The summed E-state index contributed by atoms with van der Waals surface area (Å²) in [6.07, 6.45) is 0.573. The first-order valence-corrected chi connectivity index (χ1v) is 7.48. The molecule has 2 aromatic rings. The first-order valence-electron chi connectivity index (χ1n) is 7.48. The number of amides is 1. The highest BCUT2D eigenvalue weighted by Gasteiger charge is 2.35. The number of nitrogens with zero attached hydrogens (tertiary/aromatic N) is 1. The molecule has 1 amide bonds. The molecule has 122 valence electrons. The van der Waals surface area contributed by atoms with E-state index in [4.69, 9.17) is 9.15 Å². The van der Waals surface area contributed by atoms with E-state index >= 15 is 0 Å². The second-order valence-corrected chi connectivity index (χ2v) is 6.42. The second kappa shape index (κ2) is 5.37. The number of aryl methyl sites for hydroxylation is 2. The number of carbonyl (C=O) groups is 1. The fourth-order valence-corrected chi connectivity index (χ4v) is 2.92. The molecule has 0 radical (unpaired) electrons. The number of halogens is 1. The number of fused-ring (bicyclic) bond motifs is 1. The summed E-state index contributed by atoms with van der Waals surface area (Å²) in [5.41, 5.74) is 0.795. The van der Waals surface area contributed by atoms with Crippen molar-refractivity contribution in [2.75, 3.05) is 0 Å². The van der Waals surface area contributed by atoms with Crippen molar-refractivity contribution in [1.29, 1.82) is 0 Å². The largest absolute Gasteiger partial charge is 0.487 e. The van der Waals surface area contributed by atoms with E-state index in [1.165, 1.54) is 12.1 Å². The highest BCUT2D eigenvalue weighted by atomic mass is 19.1. The van der Waals surface area contributed by atoms with Gasteiger partial charge < -0.3 is 14.5 Å². The number of hydrogen-bond acceptors (Lipinski definition) is 4. The maximum atomic E-state index is 13.5. The molecule has 0 saturated carbocycles. The Balaban J connectivity index is 1.91. The molecule has 1 aromatic heterocycles. The van der Waals surface area contributed by atoms with E-state index in [9.17, 15) is 9.18 Å². The molecular weight excluding hydrogens is 299 g/mol. The van der Waals surface area contributed by atoms with E-state index in [1.54, 1.807) is 19.9 Å². The Hall–Kier alpha value is -2.37. The van der Waals surface area contributed by atoms with Gasteiger partial charge in [-0.2, -0.15) is 0 Å². The Morgan fingerprint density at radius 2 is 2.13 bits per heavy atom. The number of aromatic nitrogens is 1. The molecule has 6 heteroatoms. The fourth-order valence-electron chi connectivity index (χ4n) is 2.92. The van der Waals surface area contributed by atoms with Crippen molar-refractivity contribution >= 4 is 5.91 Å². The van der Waals surface area contributed by atoms with Gasteiger partial charge in [0, 0.05) is 25.0 Å². The lowest BCUT2D eigenvalue weighted by Crippen LogP contribution is -2.41. The van der Waals surface area contributed by atoms with Crippen molar-refractivity contribution < 1.29 is 18.3 Å². The third kappa shape index (κ3) is 3.06. The molecule has 0 fully saturated rings. The van der Waals surface area contributed by atoms with Gasteiger partial charge in [0.15, 0.2) is 5.89 Å². The van der Waals surface area contributed by atoms with Crippen molar-refractivity contribution in [3.63, 3.8) is 0 Å². The van der Waals surface area contributed by atoms with Crippen LogP contribution in [0.25, 0.3) is 0 Å². The zero-order chi connectivity index (χ0) is 16.8. The molecule has 0 bridgehead atoms. The molecule has 0 saturated heterocycles. The normalized spacial score (nSPS) is 18.9. The maximum absolute atomic E-state index is 13.5. The zero-order valence-electron chi connectivity index (χ0n) is 13.6. The van der Waals surface area contributed by atoms with Gasteiger partial charge in [-0.15, -0.1) is 0 Å². The van der Waals surface area contributed by atoms with Crippen LogP contribution >= 0.6 is 0 Å². The van der Waals surface area contributed by atoms with Gasteiger partial charge in [0.2, 0.25) is 5.76 Å². The topological polar surface area (TPSA) is 64.4 Å². The van der Waals surface area contributed by atoms with Gasteiger partial charge in [-0.05, 0) is 26.8 Å². The minimum atomic E-state index is -0.509. The number of carbonyl (C=O) groups excluding carboxylic acids is 1. The quantitative estimate of drug-likeness (QED) is 0.921. The molecule has 2 heterocycles. The van der Waals surface area contributed by atoms with Crippen molar-refractivity contribution in [1.82, 2.24) is 10.3 Å². The van der Waals surface area contributed by atoms with Crippen molar-refractivity contribution in [2.45, 2.75) is 45.8 Å². The van der Waals surface area contributed by atoms with Crippen molar-refractivity contribution in [3.05, 3.63) is 46.9 Å². The number of hydrogen-bond donors (Lipinski definition) is 1. The Bertz CT molecular complexity index is 767. The lowest BCUT2D eigenvalue weighted by molar-refractivity contribution is 0.0607. The number of nitrogens with one attached hydrogen (secondary N) is 1. The Kier molecular flexibility index (Phi) is 3.62. The average Bonchev–Trinajstić information content (AvgIpc) is 2.75. The van der Waals surface area contributed by atoms with Gasteiger partial charge >= 0.3 is 0 Å². The summed E-state index contributed by atoms with van der Waals surface area (Å²) in [4.78, 5) is 16.6. The summed E-state index contributed by atoms with van der Waals surface area (Å²) < 4.78 is 24.6. The summed E-state index contributed by atoms with van der Waals surface area (Å²) in [6, 6.07) is 4.07. The van der Waals surface area contributed by atoms with Crippen molar-refractivity contribution in [3.8, 4) is 5.75 Å². The minimum Gasteiger partial charge on any atom is -0.487 e. The van der Waals surface area contributed by atoms with Crippen LogP contribution in [0.5, 0.6) is 5.75 Å². The van der Waals surface area contributed by atoms with Gasteiger partial charge in [-0.1, -0.05) is 6.07 Å². The SMILES string of the molecule is Cc1nc(C)c(C(=O)N[C@H]2CC(C)(C)Oc3cc(F)ccc32)o1. The zero-order valence-corrected chi connectivity index (χ0v) is 13.6. The summed E-state index contributed by atoms with van der Waals surface area (Å²) in [5, 5.41) is 2.95. The van der Waals surface area contributed by atoms with Crippen LogP contribution in [-0.2, 0) is 0 Å². The number of ether oxygens (including phenoxy) is 1. The van der Waals surface area contributed by atoms with Crippen LogP contribution in [-0.4, -0.2) is 16.5 Å². The summed E-state index contributed by atoms with van der Waals surface area (Å²) in [5.74, 6) is 0.407. The van der Waals surface area contributed by atoms with Gasteiger partial charge in [-0.3, -0.25) is 4.79 Å². The Labute approximate surface area is 133 Å². The second-order valence-electron chi connectivity index (χ2n) is 6.42. The number of benzene rings is 1. The molecule has 0 aliphatic carbocycles. The summed E-state index contributed by atoms with van der Waals surface area (Å²) >= 11 is 0. The predicted octanol–water partition coefficient (Wildman–Crippen LogP) is 3.46. The summed E-state index contributed by atoms with van der Waals surface area (Å²) in [6.45, 7) is 7.23. The molecule has 1 atom stereocenters. The third-order valence-electron chi connectivity index (χ3n) is 3.85. The van der Waals surface area contributed by atoms with E-state index in [0.717, 1.165) is 5.56 Å². The van der Waals surface area contributed by atoms with Crippen LogP contribution in [0.3, 0.4) is 0 Å². The minimum absolute atomic E-state index is 0.204. The van der Waals surface area contributed by atoms with E-state index in [1.807, 2.05) is 13.8 Å². The highest BCUT2D eigenvalue weighted by molar-refractivity contribution is 5.92. The van der Waals surface area contributed by atoms with Gasteiger partial charge in [-0.25, -0.2) is 9.37 Å². The van der Waals surface area contributed by atoms with Crippen LogP contribution in [0, 0.1) is 19.7 Å². The van der Waals surface area contributed by atoms with Crippen LogP contribution in [0.15, 0.2) is 22.6 Å². The van der Waals surface area contributed by atoms with Crippen LogP contribution in [0.2, 0.25) is 0 Å². The van der Waals surface area contributed by atoms with Gasteiger partial charge in [0.1, 0.15) is 17.2 Å². The molecule has 1 N–H and O–H groups in total. The third-order valence-corrected chi connectivity index (χ3v) is 3.85. The molecule has 1 aromatic carbocycles. The first kappa shape index (κ1) is 15.5. The number of oxazole rings is 1. The van der Waals surface area contributed by atoms with Gasteiger partial charge in [0.05, 0.1) is 11.7 Å². The fraction of sp³-hybridized carbons (Fsp3) is 0.412. The number of rotatable bonds is 2. The predicted molar refractivity (Wildman–Crippen MR) is 81.9 cm³/mol. The van der Waals surface area contributed by atoms with Crippen molar-refractivity contribution in [2.24, 2.45) is 0 Å². The molecule has 0 unspecified atom stereocenters. The monoisotopic (exact) mass is 318 g/mol. The lowest BCUT2D eigenvalue weighted by Gasteiger charge is -2.37. The van der Waals surface area contributed by atoms with E-state index in [2.05, 4.69) is 10.3 Å². The molecule has 23 heavy (non-hydrogen) atoms. The first-order chi connectivity index (χ1) is 10.7. The molecule has 1 aliphatic rings. The Morgan fingerprint density at radius 1 is 1.39 bits per heavy atom. The van der Waals surface area contributed by atoms with Crippen LogP contribution in [0.4, 0.5) is 4.39 Å². The van der Waals surface area contributed by atoms with Gasteiger partial charge in [0.25, 0.3) is 5.91 Å². The lowest BCUT2D eigenvalue weighted by atomic mass is 9.89. The standard InChI is InChI=1S/C17H19FN2O3/c1-9-15(22-10(2)19-9)16(21)20-13-8-17(3,4)23-14-7-11(18)5-6-12(13)14/h5-7,13H,8H2,1-4H3,(H,20,21)/t13-/m0/s1. The average molecular weight is 318 g/mol. The van der Waals surface area contributed by atoms with Crippen LogP contribution < -0.4 is 10.1 Å². The summed E-state index contributed by atoms with van der Waals surface area (Å²) in [7, 11) is 0. The highest BCUT2D eigenvalue weighted by Crippen LogP contribution is 2.39. The van der Waals surface area contributed by atoms with E-state index in [0.29, 0.717) is 23.8 Å².